The Bertz CT molecular complexity index is 1120. The number of phenolic OH excluding ortho intramolecular Hbond substituents is 2. The second kappa shape index (κ2) is 6.97. The summed E-state index contributed by atoms with van der Waals surface area (Å²) < 4.78 is 41.2. The molecule has 0 aliphatic rings. The van der Waals surface area contributed by atoms with Crippen LogP contribution in [0.25, 0.3) is 28.5 Å². The van der Waals surface area contributed by atoms with Crippen molar-refractivity contribution in [3.63, 3.8) is 0 Å². The fraction of sp³-hybridized carbons (Fsp3) is 0.0476. The molecule has 0 unspecified atom stereocenters. The van der Waals surface area contributed by atoms with Crippen LogP contribution in [-0.4, -0.2) is 25.0 Å². The van der Waals surface area contributed by atoms with E-state index in [2.05, 4.69) is 10.2 Å². The van der Waals surface area contributed by atoms with Crippen molar-refractivity contribution in [3.05, 3.63) is 78.4 Å². The number of nitrogens with zero attached hydrogens (tertiary/aromatic N) is 3. The molecule has 5 nitrogen and oxygen atoms in total. The Morgan fingerprint density at radius 1 is 0.690 bits per heavy atom. The number of halogens is 3. The van der Waals surface area contributed by atoms with E-state index < -0.39 is 11.7 Å². The number of alkyl halides is 3. The number of hydrogen-bond acceptors (Lipinski definition) is 4. The molecule has 0 fully saturated rings. The van der Waals surface area contributed by atoms with Crippen LogP contribution in [0.4, 0.5) is 13.2 Å². The van der Waals surface area contributed by atoms with Crippen molar-refractivity contribution in [2.75, 3.05) is 0 Å². The van der Waals surface area contributed by atoms with Gasteiger partial charge in [0.05, 0.1) is 5.56 Å². The lowest BCUT2D eigenvalue weighted by atomic mass is 10.1. The summed E-state index contributed by atoms with van der Waals surface area (Å²) in [5.41, 5.74) is 0.330. The summed E-state index contributed by atoms with van der Waals surface area (Å²) in [4.78, 5) is 0. The Morgan fingerprint density at radius 3 is 1.69 bits per heavy atom. The molecule has 3 aromatic carbocycles. The van der Waals surface area contributed by atoms with Crippen molar-refractivity contribution in [1.29, 1.82) is 0 Å². The molecule has 29 heavy (non-hydrogen) atoms. The van der Waals surface area contributed by atoms with Gasteiger partial charge in [-0.15, -0.1) is 10.2 Å². The SMILES string of the molecule is Oc1cccc(-c2nnc(-c3cccc(O)c3)n2-c2cccc(C(F)(F)F)c2)c1. The molecule has 0 spiro atoms. The summed E-state index contributed by atoms with van der Waals surface area (Å²) in [5.74, 6) is 0.470. The minimum absolute atomic E-state index is 0.0139. The highest BCUT2D eigenvalue weighted by molar-refractivity contribution is 5.68. The van der Waals surface area contributed by atoms with Gasteiger partial charge in [-0.2, -0.15) is 13.2 Å². The molecule has 0 amide bonds. The summed E-state index contributed by atoms with van der Waals surface area (Å²) in [5, 5.41) is 27.9. The standard InChI is InChI=1S/C21H14F3N3O2/c22-21(23,24)15-6-3-7-16(12-15)27-19(13-4-1-8-17(28)10-13)25-26-20(27)14-5-2-9-18(29)11-14/h1-12,28-29H. The molecule has 0 aliphatic heterocycles. The summed E-state index contributed by atoms with van der Waals surface area (Å²) in [6, 6.07) is 17.2. The van der Waals surface area contributed by atoms with Gasteiger partial charge in [-0.1, -0.05) is 30.3 Å². The average Bonchev–Trinajstić information content (AvgIpc) is 3.13. The average molecular weight is 397 g/mol. The van der Waals surface area contributed by atoms with Gasteiger partial charge in [0.25, 0.3) is 0 Å². The first kappa shape index (κ1) is 18.5. The normalized spacial score (nSPS) is 11.6. The van der Waals surface area contributed by atoms with Crippen molar-refractivity contribution in [2.24, 2.45) is 0 Å². The Kier molecular flexibility index (Phi) is 4.46. The number of aromatic nitrogens is 3. The number of benzene rings is 3. The zero-order valence-electron chi connectivity index (χ0n) is 14.8. The van der Waals surface area contributed by atoms with Gasteiger partial charge in [0.1, 0.15) is 11.5 Å². The van der Waals surface area contributed by atoms with Crippen LogP contribution in [0.3, 0.4) is 0 Å². The molecule has 0 saturated carbocycles. The highest BCUT2D eigenvalue weighted by Crippen LogP contribution is 2.34. The highest BCUT2D eigenvalue weighted by atomic mass is 19.4. The van der Waals surface area contributed by atoms with E-state index in [0.29, 0.717) is 11.1 Å². The van der Waals surface area contributed by atoms with Crippen LogP contribution in [0, 0.1) is 0 Å². The lowest BCUT2D eigenvalue weighted by molar-refractivity contribution is -0.137. The predicted octanol–water partition coefficient (Wildman–Crippen LogP) is 5.03. The van der Waals surface area contributed by atoms with Gasteiger partial charge in [-0.25, -0.2) is 0 Å². The molecule has 0 bridgehead atoms. The first-order valence-electron chi connectivity index (χ1n) is 8.55. The third kappa shape index (κ3) is 3.64. The molecule has 2 N–H and O–H groups in total. The smallest absolute Gasteiger partial charge is 0.416 e. The highest BCUT2D eigenvalue weighted by Gasteiger charge is 2.31. The molecule has 1 heterocycles. The van der Waals surface area contributed by atoms with Crippen LogP contribution >= 0.6 is 0 Å². The van der Waals surface area contributed by atoms with Gasteiger partial charge in [-0.05, 0) is 42.5 Å². The van der Waals surface area contributed by atoms with E-state index in [1.165, 1.54) is 41.0 Å². The minimum atomic E-state index is -4.51. The van der Waals surface area contributed by atoms with Gasteiger partial charge < -0.3 is 10.2 Å². The number of phenols is 2. The van der Waals surface area contributed by atoms with E-state index in [1.807, 2.05) is 0 Å². The molecule has 0 saturated heterocycles. The van der Waals surface area contributed by atoms with E-state index in [9.17, 15) is 23.4 Å². The second-order valence-electron chi connectivity index (χ2n) is 6.33. The molecule has 146 valence electrons. The van der Waals surface area contributed by atoms with Crippen LogP contribution in [0.15, 0.2) is 72.8 Å². The van der Waals surface area contributed by atoms with E-state index in [0.717, 1.165) is 12.1 Å². The van der Waals surface area contributed by atoms with Crippen molar-refractivity contribution in [2.45, 2.75) is 6.18 Å². The van der Waals surface area contributed by atoms with Gasteiger partial charge in [-0.3, -0.25) is 4.57 Å². The molecule has 4 aromatic rings. The monoisotopic (exact) mass is 397 g/mol. The second-order valence-corrected chi connectivity index (χ2v) is 6.33. The topological polar surface area (TPSA) is 71.2 Å². The molecule has 4 rings (SSSR count). The minimum Gasteiger partial charge on any atom is -0.508 e. The van der Waals surface area contributed by atoms with Crippen LogP contribution in [-0.2, 0) is 6.18 Å². The maximum Gasteiger partial charge on any atom is 0.416 e. The first-order valence-corrected chi connectivity index (χ1v) is 8.55. The lowest BCUT2D eigenvalue weighted by Crippen LogP contribution is -2.07. The van der Waals surface area contributed by atoms with Crippen LogP contribution in [0.1, 0.15) is 5.56 Å². The summed E-state index contributed by atoms with van der Waals surface area (Å²) in [6.07, 6.45) is -4.51. The Labute approximate surface area is 163 Å². The zero-order valence-corrected chi connectivity index (χ0v) is 14.8. The van der Waals surface area contributed by atoms with Crippen molar-refractivity contribution in [3.8, 4) is 40.0 Å². The maximum atomic E-state index is 13.3. The Hall–Kier alpha value is -3.81. The molecule has 0 aliphatic carbocycles. The van der Waals surface area contributed by atoms with Gasteiger partial charge in [0.2, 0.25) is 0 Å². The lowest BCUT2D eigenvalue weighted by Gasteiger charge is -2.14. The van der Waals surface area contributed by atoms with Gasteiger partial charge >= 0.3 is 6.18 Å². The van der Waals surface area contributed by atoms with Crippen molar-refractivity contribution in [1.82, 2.24) is 14.8 Å². The molecule has 0 radical (unpaired) electrons. The summed E-state index contributed by atoms with van der Waals surface area (Å²) in [7, 11) is 0. The fourth-order valence-electron chi connectivity index (χ4n) is 3.01. The first-order chi connectivity index (χ1) is 13.8. The maximum absolute atomic E-state index is 13.3. The Balaban J connectivity index is 1.98. The third-order valence-electron chi connectivity index (χ3n) is 4.30. The summed E-state index contributed by atoms with van der Waals surface area (Å²) in [6.45, 7) is 0. The van der Waals surface area contributed by atoms with Gasteiger partial charge in [0.15, 0.2) is 11.6 Å². The molecule has 8 heteroatoms. The van der Waals surface area contributed by atoms with E-state index >= 15 is 0 Å². The van der Waals surface area contributed by atoms with Crippen LogP contribution in [0.2, 0.25) is 0 Å². The van der Waals surface area contributed by atoms with Crippen LogP contribution < -0.4 is 0 Å². The molecular formula is C21H14F3N3O2. The third-order valence-corrected chi connectivity index (χ3v) is 4.30. The predicted molar refractivity (Wildman–Crippen MR) is 101 cm³/mol. The van der Waals surface area contributed by atoms with Crippen LogP contribution in [0.5, 0.6) is 11.5 Å². The molecule has 1 aromatic heterocycles. The van der Waals surface area contributed by atoms with Crippen molar-refractivity contribution >= 4 is 0 Å². The molecule has 0 atom stereocenters. The fourth-order valence-corrected chi connectivity index (χ4v) is 3.01. The quantitative estimate of drug-likeness (QED) is 0.509. The van der Waals surface area contributed by atoms with Crippen molar-refractivity contribution < 1.29 is 23.4 Å². The van der Waals surface area contributed by atoms with E-state index in [-0.39, 0.29) is 28.8 Å². The summed E-state index contributed by atoms with van der Waals surface area (Å²) >= 11 is 0. The van der Waals surface area contributed by atoms with Gasteiger partial charge in [0, 0.05) is 16.8 Å². The van der Waals surface area contributed by atoms with E-state index in [1.54, 1.807) is 24.3 Å². The van der Waals surface area contributed by atoms with E-state index in [4.69, 9.17) is 0 Å². The number of hydrogen-bond donors (Lipinski definition) is 2. The largest absolute Gasteiger partial charge is 0.508 e. The number of rotatable bonds is 3. The number of aromatic hydroxyl groups is 2. The Morgan fingerprint density at radius 2 is 1.21 bits per heavy atom. The molecular weight excluding hydrogens is 383 g/mol. The zero-order chi connectivity index (χ0) is 20.6.